The van der Waals surface area contributed by atoms with Crippen molar-refractivity contribution in [2.75, 3.05) is 18.9 Å². The van der Waals surface area contributed by atoms with Gasteiger partial charge in [0.1, 0.15) is 24.3 Å². The summed E-state index contributed by atoms with van der Waals surface area (Å²) >= 11 is 0. The maximum absolute atomic E-state index is 14.1. The van der Waals surface area contributed by atoms with Crippen LogP contribution in [0.15, 0.2) is 42.5 Å². The van der Waals surface area contributed by atoms with Gasteiger partial charge < -0.3 is 31.1 Å². The standard InChI is InChI=1S/C35H50F2N4O7S.ClH/c1-4-8-29(9-5-2)49(46,47)22-31(41-35(45)48-21-28-12-13-33(43)39-28)34(44)40-30(17-25-15-26(36)18-27(37)16-25)32(42)20-38-19-24-11-7-10-23(6-3)14-24;/h7,10-11,14-16,18,28-32,38,42H,4-6,8-9,12-13,17,19-22H2,1-3H3,(H,39,43)(H,40,44)(H,41,45);1H/t28-,30+,31?,32-;/m1./s1. The summed E-state index contributed by atoms with van der Waals surface area (Å²) in [6, 6.07) is 7.58. The lowest BCUT2D eigenvalue weighted by Gasteiger charge is -2.28. The molecule has 0 bridgehead atoms. The van der Waals surface area contributed by atoms with Crippen molar-refractivity contribution in [2.45, 2.75) is 108 Å². The summed E-state index contributed by atoms with van der Waals surface area (Å²) in [5.74, 6) is -3.51. The van der Waals surface area contributed by atoms with Crippen molar-refractivity contribution >= 4 is 40.2 Å². The molecule has 0 aromatic heterocycles. The third-order valence-electron chi connectivity index (χ3n) is 8.49. The molecule has 11 nitrogen and oxygen atoms in total. The summed E-state index contributed by atoms with van der Waals surface area (Å²) in [6.45, 7) is 5.94. The fourth-order valence-corrected chi connectivity index (χ4v) is 8.04. The van der Waals surface area contributed by atoms with Gasteiger partial charge in [-0.3, -0.25) is 9.59 Å². The molecule has 1 aliphatic rings. The molecule has 3 amide bonds. The zero-order chi connectivity index (χ0) is 36.0. The number of aliphatic hydroxyl groups excluding tert-OH is 1. The fraction of sp³-hybridized carbons (Fsp3) is 0.571. The molecule has 1 heterocycles. The molecule has 2 aromatic rings. The van der Waals surface area contributed by atoms with Gasteiger partial charge in [-0.1, -0.05) is 57.9 Å². The lowest BCUT2D eigenvalue weighted by molar-refractivity contribution is -0.124. The number of nitrogens with one attached hydrogen (secondary N) is 4. The van der Waals surface area contributed by atoms with Gasteiger partial charge in [-0.15, -0.1) is 12.4 Å². The largest absolute Gasteiger partial charge is 0.447 e. The summed E-state index contributed by atoms with van der Waals surface area (Å²) in [5, 5.41) is 21.3. The molecule has 1 unspecified atom stereocenters. The minimum Gasteiger partial charge on any atom is -0.447 e. The summed E-state index contributed by atoms with van der Waals surface area (Å²) in [4.78, 5) is 38.2. The van der Waals surface area contributed by atoms with Crippen molar-refractivity contribution < 1.29 is 41.4 Å². The zero-order valence-corrected chi connectivity index (χ0v) is 30.5. The highest BCUT2D eigenvalue weighted by Gasteiger charge is 2.35. The second-order valence-corrected chi connectivity index (χ2v) is 14.9. The van der Waals surface area contributed by atoms with E-state index in [9.17, 15) is 36.7 Å². The van der Waals surface area contributed by atoms with Crippen LogP contribution in [0.3, 0.4) is 0 Å². The normalized spacial score (nSPS) is 16.2. The topological polar surface area (TPSA) is 163 Å². The Morgan fingerprint density at radius 3 is 2.26 bits per heavy atom. The van der Waals surface area contributed by atoms with E-state index in [0.717, 1.165) is 29.7 Å². The fourth-order valence-electron chi connectivity index (χ4n) is 5.88. The maximum atomic E-state index is 14.1. The Labute approximate surface area is 300 Å². The zero-order valence-electron chi connectivity index (χ0n) is 28.9. The Morgan fingerprint density at radius 2 is 1.66 bits per heavy atom. The van der Waals surface area contributed by atoms with E-state index in [0.29, 0.717) is 44.7 Å². The van der Waals surface area contributed by atoms with Crippen molar-refractivity contribution in [3.8, 4) is 0 Å². The average molecular weight is 745 g/mol. The molecule has 0 saturated carbocycles. The molecule has 1 aliphatic heterocycles. The highest BCUT2D eigenvalue weighted by molar-refractivity contribution is 7.92. The Kier molecular flexibility index (Phi) is 18.1. The van der Waals surface area contributed by atoms with Gasteiger partial charge in [-0.05, 0) is 60.9 Å². The summed E-state index contributed by atoms with van der Waals surface area (Å²) < 4.78 is 60.5. The molecule has 2 aromatic carbocycles. The van der Waals surface area contributed by atoms with Gasteiger partial charge in [0.2, 0.25) is 11.8 Å². The molecular weight excluding hydrogens is 694 g/mol. The van der Waals surface area contributed by atoms with Crippen molar-refractivity contribution in [2.24, 2.45) is 0 Å². The van der Waals surface area contributed by atoms with Gasteiger partial charge in [0.25, 0.3) is 0 Å². The van der Waals surface area contributed by atoms with Crippen LogP contribution in [0.4, 0.5) is 13.6 Å². The number of aliphatic hydroxyl groups is 1. The molecule has 4 atom stereocenters. The SMILES string of the molecule is CCCC(CCC)S(=O)(=O)CC(NC(=O)OC[C@H]1CCC(=O)N1)C(=O)N[C@@H](Cc1cc(F)cc(F)c1)[C@H](O)CNCc1cccc(CC)c1.Cl. The summed E-state index contributed by atoms with van der Waals surface area (Å²) in [6.07, 6.45) is 0.982. The number of rotatable bonds is 20. The van der Waals surface area contributed by atoms with Crippen molar-refractivity contribution in [1.82, 2.24) is 21.3 Å². The number of sulfone groups is 1. The molecule has 50 heavy (non-hydrogen) atoms. The molecule has 1 fully saturated rings. The Hall–Kier alpha value is -3.33. The van der Waals surface area contributed by atoms with E-state index in [1.54, 1.807) is 0 Å². The Balaban J connectivity index is 0.00000867. The van der Waals surface area contributed by atoms with Crippen molar-refractivity contribution in [3.63, 3.8) is 0 Å². The highest BCUT2D eigenvalue weighted by atomic mass is 35.5. The Morgan fingerprint density at radius 1 is 1.00 bits per heavy atom. The lowest BCUT2D eigenvalue weighted by atomic mass is 10.00. The minimum absolute atomic E-state index is 0. The first-order chi connectivity index (χ1) is 23.3. The lowest BCUT2D eigenvalue weighted by Crippen LogP contribution is -2.57. The van der Waals surface area contributed by atoms with Crippen LogP contribution < -0.4 is 21.3 Å². The van der Waals surface area contributed by atoms with E-state index in [2.05, 4.69) is 21.3 Å². The number of aryl methyl sites for hydroxylation is 1. The van der Waals surface area contributed by atoms with Crippen LogP contribution in [0.1, 0.15) is 76.0 Å². The van der Waals surface area contributed by atoms with Gasteiger partial charge in [0, 0.05) is 25.6 Å². The van der Waals surface area contributed by atoms with Gasteiger partial charge in [-0.25, -0.2) is 22.0 Å². The van der Waals surface area contributed by atoms with Gasteiger partial charge in [-0.2, -0.15) is 0 Å². The first-order valence-electron chi connectivity index (χ1n) is 17.0. The number of halogens is 3. The molecular formula is C35H51ClF2N4O7S. The second kappa shape index (κ2) is 21.1. The number of carbonyl (C=O) groups is 3. The Bertz CT molecular complexity index is 1490. The third-order valence-corrected chi connectivity index (χ3v) is 10.8. The second-order valence-electron chi connectivity index (χ2n) is 12.6. The van der Waals surface area contributed by atoms with E-state index in [4.69, 9.17) is 4.74 Å². The number of carbonyl (C=O) groups excluding carboxylic acids is 3. The van der Waals surface area contributed by atoms with E-state index < -0.39 is 68.7 Å². The first kappa shape index (κ1) is 42.8. The van der Waals surface area contributed by atoms with Crippen LogP contribution in [-0.2, 0) is 43.5 Å². The number of hydrogen-bond acceptors (Lipinski definition) is 8. The molecule has 280 valence electrons. The predicted octanol–water partition coefficient (Wildman–Crippen LogP) is 3.88. The van der Waals surface area contributed by atoms with Crippen LogP contribution in [0.25, 0.3) is 0 Å². The molecule has 15 heteroatoms. The van der Waals surface area contributed by atoms with E-state index >= 15 is 0 Å². The maximum Gasteiger partial charge on any atom is 0.407 e. The quantitative estimate of drug-likeness (QED) is 0.137. The number of benzene rings is 2. The van der Waals surface area contributed by atoms with Crippen LogP contribution in [0.2, 0.25) is 0 Å². The van der Waals surface area contributed by atoms with E-state index in [1.165, 1.54) is 0 Å². The van der Waals surface area contributed by atoms with Crippen LogP contribution in [0, 0.1) is 11.6 Å². The monoisotopic (exact) mass is 744 g/mol. The minimum atomic E-state index is -3.91. The average Bonchev–Trinajstić information content (AvgIpc) is 3.47. The van der Waals surface area contributed by atoms with Crippen molar-refractivity contribution in [1.29, 1.82) is 0 Å². The molecule has 0 aliphatic carbocycles. The highest BCUT2D eigenvalue weighted by Crippen LogP contribution is 2.18. The molecule has 3 rings (SSSR count). The molecule has 0 radical (unpaired) electrons. The van der Waals surface area contributed by atoms with Crippen LogP contribution >= 0.6 is 12.4 Å². The van der Waals surface area contributed by atoms with Gasteiger partial charge in [0.05, 0.1) is 29.2 Å². The molecule has 0 spiro atoms. The number of amides is 3. The van der Waals surface area contributed by atoms with Crippen molar-refractivity contribution in [3.05, 3.63) is 70.8 Å². The van der Waals surface area contributed by atoms with Crippen LogP contribution in [0.5, 0.6) is 0 Å². The third kappa shape index (κ3) is 14.1. The van der Waals surface area contributed by atoms with E-state index in [-0.39, 0.29) is 49.9 Å². The summed E-state index contributed by atoms with van der Waals surface area (Å²) in [5.41, 5.74) is 2.26. The summed E-state index contributed by atoms with van der Waals surface area (Å²) in [7, 11) is -3.91. The number of ether oxygens (including phenoxy) is 1. The first-order valence-corrected chi connectivity index (χ1v) is 18.7. The number of alkyl carbamates (subject to hydrolysis) is 1. The molecule has 1 saturated heterocycles. The van der Waals surface area contributed by atoms with Crippen LogP contribution in [-0.4, -0.2) is 79.8 Å². The smallest absolute Gasteiger partial charge is 0.407 e. The number of hydrogen-bond donors (Lipinski definition) is 5. The van der Waals surface area contributed by atoms with Gasteiger partial charge in [0.15, 0.2) is 9.84 Å². The molecule has 5 N–H and O–H groups in total. The van der Waals surface area contributed by atoms with Gasteiger partial charge >= 0.3 is 6.09 Å². The van der Waals surface area contributed by atoms with E-state index in [1.807, 2.05) is 45.0 Å². The predicted molar refractivity (Wildman–Crippen MR) is 190 cm³/mol.